The Kier molecular flexibility index (Phi) is 5.59. The fourth-order valence-corrected chi connectivity index (χ4v) is 4.39. The van der Waals surface area contributed by atoms with Crippen LogP contribution in [0.15, 0.2) is 41.4 Å². The van der Waals surface area contributed by atoms with Crippen molar-refractivity contribution in [3.05, 3.63) is 48.2 Å². The number of anilines is 3. The van der Waals surface area contributed by atoms with E-state index in [1.807, 2.05) is 33.1 Å². The molecule has 3 heterocycles. The van der Waals surface area contributed by atoms with E-state index in [1.54, 1.807) is 30.1 Å². The van der Waals surface area contributed by atoms with Crippen LogP contribution >= 0.6 is 11.8 Å². The summed E-state index contributed by atoms with van der Waals surface area (Å²) in [5.41, 5.74) is 1.97. The summed E-state index contributed by atoms with van der Waals surface area (Å²) in [6, 6.07) is 8.02. The zero-order valence-electron chi connectivity index (χ0n) is 19.9. The van der Waals surface area contributed by atoms with E-state index >= 15 is 0 Å². The van der Waals surface area contributed by atoms with Gasteiger partial charge in [-0.2, -0.15) is 20.2 Å². The zero-order valence-corrected chi connectivity index (χ0v) is 20.7. The lowest BCUT2D eigenvalue weighted by Crippen LogP contribution is -2.23. The topological polar surface area (TPSA) is 96.3 Å². The van der Waals surface area contributed by atoms with Crippen molar-refractivity contribution in [3.63, 3.8) is 0 Å². The third kappa shape index (κ3) is 3.95. The Bertz CT molecular complexity index is 1570. The second-order valence-electron chi connectivity index (χ2n) is 9.00. The molecule has 0 bridgehead atoms. The summed E-state index contributed by atoms with van der Waals surface area (Å²) in [6.45, 7) is 6.03. The first-order chi connectivity index (χ1) is 16.7. The van der Waals surface area contributed by atoms with Crippen LogP contribution in [0.3, 0.4) is 0 Å². The van der Waals surface area contributed by atoms with Crippen LogP contribution in [-0.2, 0) is 5.54 Å². The van der Waals surface area contributed by atoms with E-state index in [2.05, 4.69) is 25.8 Å². The fourth-order valence-electron chi connectivity index (χ4n) is 3.96. The molecule has 5 aromatic rings. The number of thioether (sulfide) groups is 1. The van der Waals surface area contributed by atoms with Crippen LogP contribution in [0.4, 0.5) is 26.2 Å². The monoisotopic (exact) mass is 494 g/mol. The number of fused-ring (bicyclic) bond motifs is 2. The van der Waals surface area contributed by atoms with Crippen molar-refractivity contribution in [1.82, 2.24) is 29.9 Å². The maximum atomic E-state index is 14.7. The van der Waals surface area contributed by atoms with E-state index in [-0.39, 0.29) is 11.6 Å². The van der Waals surface area contributed by atoms with Crippen LogP contribution in [0.25, 0.3) is 33.2 Å². The molecule has 0 saturated heterocycles. The number of rotatable bonds is 5. The van der Waals surface area contributed by atoms with Crippen molar-refractivity contribution in [2.45, 2.75) is 31.2 Å². The minimum Gasteiger partial charge on any atom is -0.372 e. The lowest BCUT2D eigenvalue weighted by Gasteiger charge is -2.20. The van der Waals surface area contributed by atoms with Crippen LogP contribution < -0.4 is 10.6 Å². The molecule has 0 atom stereocenters. The SMILES string of the molecule is CNc1nc(Nc2ccc(SC)cc2F)nc2c1c(-c1ccc(F)c3[nH]ncc13)nn2C(C)(C)C. The average molecular weight is 495 g/mol. The number of hydrogen-bond acceptors (Lipinski definition) is 7. The molecule has 35 heavy (non-hydrogen) atoms. The highest BCUT2D eigenvalue weighted by atomic mass is 32.2. The number of nitrogens with zero attached hydrogens (tertiary/aromatic N) is 5. The molecule has 3 aromatic heterocycles. The van der Waals surface area contributed by atoms with Gasteiger partial charge in [-0.1, -0.05) is 0 Å². The highest BCUT2D eigenvalue weighted by molar-refractivity contribution is 7.98. The smallest absolute Gasteiger partial charge is 0.231 e. The number of aromatic amines is 1. The van der Waals surface area contributed by atoms with Crippen LogP contribution in [0.5, 0.6) is 0 Å². The number of H-pyrrole nitrogens is 1. The van der Waals surface area contributed by atoms with Crippen molar-refractivity contribution in [2.24, 2.45) is 0 Å². The largest absolute Gasteiger partial charge is 0.372 e. The number of nitrogens with one attached hydrogen (secondary N) is 3. The summed E-state index contributed by atoms with van der Waals surface area (Å²) in [6.07, 6.45) is 3.47. The molecule has 0 saturated carbocycles. The van der Waals surface area contributed by atoms with E-state index in [1.165, 1.54) is 23.9 Å². The van der Waals surface area contributed by atoms with Gasteiger partial charge >= 0.3 is 0 Å². The molecule has 0 aliphatic heterocycles. The molecular formula is C24H24F2N8S. The summed E-state index contributed by atoms with van der Waals surface area (Å²) in [7, 11) is 1.75. The lowest BCUT2D eigenvalue weighted by molar-refractivity contribution is 0.367. The van der Waals surface area contributed by atoms with Gasteiger partial charge in [-0.25, -0.2) is 13.5 Å². The van der Waals surface area contributed by atoms with Crippen molar-refractivity contribution in [2.75, 3.05) is 23.9 Å². The normalized spacial score (nSPS) is 12.0. The molecule has 3 N–H and O–H groups in total. The molecular weight excluding hydrogens is 470 g/mol. The standard InChI is InChI=1S/C24H24F2N8S/c1-24(2,3)34-22-18(20(33-34)13-7-8-15(25)19-14(13)11-28-32-19)21(27-4)30-23(31-22)29-17-9-6-12(35-5)10-16(17)26/h6-11H,1-5H3,(H,28,32)(H2,27,29,30,31). The molecule has 0 aliphatic rings. The number of halogens is 2. The second-order valence-corrected chi connectivity index (χ2v) is 9.88. The fraction of sp³-hybridized carbons (Fsp3) is 0.250. The Hall–Kier alpha value is -3.73. The van der Waals surface area contributed by atoms with Gasteiger partial charge in [0.15, 0.2) is 5.65 Å². The van der Waals surface area contributed by atoms with Crippen LogP contribution in [0, 0.1) is 11.6 Å². The van der Waals surface area contributed by atoms with E-state index in [9.17, 15) is 8.78 Å². The molecule has 2 aromatic carbocycles. The van der Waals surface area contributed by atoms with Gasteiger partial charge in [0, 0.05) is 22.9 Å². The van der Waals surface area contributed by atoms with Gasteiger partial charge in [0.1, 0.15) is 28.7 Å². The van der Waals surface area contributed by atoms with Gasteiger partial charge in [0.25, 0.3) is 0 Å². The summed E-state index contributed by atoms with van der Waals surface area (Å²) < 4.78 is 30.8. The summed E-state index contributed by atoms with van der Waals surface area (Å²) in [5.74, 6) is -0.0654. The molecule has 0 aliphatic carbocycles. The van der Waals surface area contributed by atoms with Gasteiger partial charge in [0.2, 0.25) is 5.95 Å². The first-order valence-corrected chi connectivity index (χ1v) is 12.1. The van der Waals surface area contributed by atoms with Gasteiger partial charge in [-0.05, 0) is 57.4 Å². The van der Waals surface area contributed by atoms with E-state index in [0.29, 0.717) is 39.0 Å². The zero-order chi connectivity index (χ0) is 24.9. The van der Waals surface area contributed by atoms with Crippen molar-refractivity contribution >= 4 is 51.2 Å². The first kappa shape index (κ1) is 23.0. The number of benzene rings is 2. The summed E-state index contributed by atoms with van der Waals surface area (Å²) in [5, 5.41) is 19.0. The molecule has 180 valence electrons. The van der Waals surface area contributed by atoms with Crippen LogP contribution in [-0.4, -0.2) is 43.2 Å². The Balaban J connectivity index is 1.74. The van der Waals surface area contributed by atoms with Gasteiger partial charge in [-0.3, -0.25) is 5.10 Å². The maximum absolute atomic E-state index is 14.7. The Morgan fingerprint density at radius 3 is 2.54 bits per heavy atom. The average Bonchev–Trinajstić information content (AvgIpc) is 3.46. The van der Waals surface area contributed by atoms with E-state index < -0.39 is 17.2 Å². The third-order valence-electron chi connectivity index (χ3n) is 5.64. The highest BCUT2D eigenvalue weighted by Gasteiger charge is 2.27. The number of aromatic nitrogens is 6. The Morgan fingerprint density at radius 1 is 1.06 bits per heavy atom. The summed E-state index contributed by atoms with van der Waals surface area (Å²) in [4.78, 5) is 10.2. The minimum atomic E-state index is -0.437. The molecule has 0 fully saturated rings. The minimum absolute atomic E-state index is 0.224. The van der Waals surface area contributed by atoms with Gasteiger partial charge in [0.05, 0.1) is 22.8 Å². The predicted octanol–water partition coefficient (Wildman–Crippen LogP) is 5.91. The van der Waals surface area contributed by atoms with Gasteiger partial charge < -0.3 is 10.6 Å². The first-order valence-electron chi connectivity index (χ1n) is 10.9. The highest BCUT2D eigenvalue weighted by Crippen LogP contribution is 2.38. The van der Waals surface area contributed by atoms with E-state index in [0.717, 1.165) is 4.90 Å². The van der Waals surface area contributed by atoms with Crippen molar-refractivity contribution in [1.29, 1.82) is 0 Å². The molecule has 11 heteroatoms. The Labute approximate surface area is 204 Å². The summed E-state index contributed by atoms with van der Waals surface area (Å²) >= 11 is 1.46. The van der Waals surface area contributed by atoms with Gasteiger partial charge in [-0.15, -0.1) is 11.8 Å². The molecule has 0 unspecified atom stereocenters. The lowest BCUT2D eigenvalue weighted by atomic mass is 10.0. The molecule has 8 nitrogen and oxygen atoms in total. The Morgan fingerprint density at radius 2 is 1.86 bits per heavy atom. The van der Waals surface area contributed by atoms with Crippen molar-refractivity contribution in [3.8, 4) is 11.3 Å². The molecule has 0 spiro atoms. The molecule has 5 rings (SSSR count). The third-order valence-corrected chi connectivity index (χ3v) is 6.37. The maximum Gasteiger partial charge on any atom is 0.231 e. The van der Waals surface area contributed by atoms with Crippen LogP contribution in [0.2, 0.25) is 0 Å². The second kappa shape index (κ2) is 8.49. The van der Waals surface area contributed by atoms with E-state index in [4.69, 9.17) is 10.1 Å². The van der Waals surface area contributed by atoms with Crippen molar-refractivity contribution < 1.29 is 8.78 Å². The molecule has 0 amide bonds. The molecule has 0 radical (unpaired) electrons. The quantitative estimate of drug-likeness (QED) is 0.261. The van der Waals surface area contributed by atoms with Crippen LogP contribution in [0.1, 0.15) is 20.8 Å². The predicted molar refractivity (Wildman–Crippen MR) is 136 cm³/mol. The number of hydrogen-bond donors (Lipinski definition) is 3.